The highest BCUT2D eigenvalue weighted by Crippen LogP contribution is 2.18. The minimum absolute atomic E-state index is 0.380. The molecule has 0 saturated heterocycles. The molecule has 0 spiro atoms. The van der Waals surface area contributed by atoms with Crippen LogP contribution < -0.4 is 4.90 Å². The molecule has 0 fully saturated rings. The highest BCUT2D eigenvalue weighted by Gasteiger charge is 2.17. The van der Waals surface area contributed by atoms with Gasteiger partial charge in [-0.1, -0.05) is 12.8 Å². The zero-order chi connectivity index (χ0) is 11.3. The maximum atomic E-state index is 10.7. The maximum absolute atomic E-state index is 10.7. The Hall–Kier alpha value is -1.54. The van der Waals surface area contributed by atoms with Crippen LogP contribution in [0.3, 0.4) is 0 Å². The zero-order valence-corrected chi connectivity index (χ0v) is 9.20. The van der Waals surface area contributed by atoms with Gasteiger partial charge in [-0.05, 0) is 0 Å². The van der Waals surface area contributed by atoms with Crippen molar-refractivity contribution in [2.45, 2.75) is 6.92 Å². The lowest BCUT2D eigenvalue weighted by atomic mass is 10.2. The average molecular weight is 224 g/mol. The number of hydrogen-bond acceptors (Lipinski definition) is 4. The van der Waals surface area contributed by atoms with Crippen LogP contribution in [0.15, 0.2) is 11.6 Å². The van der Waals surface area contributed by atoms with Crippen LogP contribution >= 0.6 is 11.3 Å². The first-order chi connectivity index (χ1) is 7.15. The van der Waals surface area contributed by atoms with Crippen LogP contribution in [-0.4, -0.2) is 29.1 Å². The Kier molecular flexibility index (Phi) is 4.13. The number of anilines is 1. The molecule has 1 aromatic rings. The predicted molar refractivity (Wildman–Crippen MR) is 60.0 cm³/mol. The Labute approximate surface area is 92.6 Å². The SMILES string of the molecule is C#CCN(CC(C)C(=O)O)c1nccs1. The summed E-state index contributed by atoms with van der Waals surface area (Å²) in [7, 11) is 0. The fraction of sp³-hybridized carbons (Fsp3) is 0.400. The molecule has 0 bridgehead atoms. The van der Waals surface area contributed by atoms with Crippen LogP contribution in [-0.2, 0) is 4.79 Å². The van der Waals surface area contributed by atoms with Crippen molar-refractivity contribution in [1.29, 1.82) is 0 Å². The van der Waals surface area contributed by atoms with Crippen molar-refractivity contribution in [3.8, 4) is 12.3 Å². The lowest BCUT2D eigenvalue weighted by Gasteiger charge is -2.21. The van der Waals surface area contributed by atoms with Crippen molar-refractivity contribution in [2.24, 2.45) is 5.92 Å². The summed E-state index contributed by atoms with van der Waals surface area (Å²) < 4.78 is 0. The lowest BCUT2D eigenvalue weighted by Crippen LogP contribution is -2.32. The summed E-state index contributed by atoms with van der Waals surface area (Å²) in [4.78, 5) is 16.6. The number of terminal acetylenes is 1. The first kappa shape index (κ1) is 11.5. The zero-order valence-electron chi connectivity index (χ0n) is 8.38. The quantitative estimate of drug-likeness (QED) is 0.766. The molecule has 0 aliphatic heterocycles. The van der Waals surface area contributed by atoms with Gasteiger partial charge >= 0.3 is 5.97 Å². The number of hydrogen-bond donors (Lipinski definition) is 1. The standard InChI is InChI=1S/C10H12N2O2S/c1-3-5-12(7-8(2)9(13)14)10-11-4-6-15-10/h1,4,6,8H,5,7H2,2H3,(H,13,14). The van der Waals surface area contributed by atoms with E-state index in [1.54, 1.807) is 18.0 Å². The van der Waals surface area contributed by atoms with Gasteiger partial charge in [0.1, 0.15) is 0 Å². The van der Waals surface area contributed by atoms with E-state index in [0.717, 1.165) is 5.13 Å². The minimum Gasteiger partial charge on any atom is -0.481 e. The van der Waals surface area contributed by atoms with Gasteiger partial charge in [0.2, 0.25) is 0 Å². The number of aromatic nitrogens is 1. The van der Waals surface area contributed by atoms with E-state index in [1.165, 1.54) is 11.3 Å². The van der Waals surface area contributed by atoms with Gasteiger partial charge in [0.25, 0.3) is 0 Å². The van der Waals surface area contributed by atoms with E-state index < -0.39 is 11.9 Å². The molecular formula is C10H12N2O2S. The van der Waals surface area contributed by atoms with E-state index in [0.29, 0.717) is 13.1 Å². The molecule has 0 amide bonds. The summed E-state index contributed by atoms with van der Waals surface area (Å²) in [5, 5.41) is 11.4. The van der Waals surface area contributed by atoms with E-state index in [9.17, 15) is 4.79 Å². The summed E-state index contributed by atoms with van der Waals surface area (Å²) >= 11 is 1.45. The van der Waals surface area contributed by atoms with Crippen LogP contribution in [0.2, 0.25) is 0 Å². The molecule has 4 nitrogen and oxygen atoms in total. The molecule has 1 rings (SSSR count). The molecule has 0 radical (unpaired) electrons. The number of aliphatic carboxylic acids is 1. The fourth-order valence-corrected chi connectivity index (χ4v) is 1.75. The molecule has 80 valence electrons. The second-order valence-electron chi connectivity index (χ2n) is 3.14. The van der Waals surface area contributed by atoms with Crippen molar-refractivity contribution in [3.05, 3.63) is 11.6 Å². The molecule has 5 heteroatoms. The molecule has 1 aromatic heterocycles. The highest BCUT2D eigenvalue weighted by atomic mass is 32.1. The van der Waals surface area contributed by atoms with Gasteiger partial charge in [-0.3, -0.25) is 4.79 Å². The van der Waals surface area contributed by atoms with Crippen LogP contribution in [0.1, 0.15) is 6.92 Å². The summed E-state index contributed by atoms with van der Waals surface area (Å²) in [6, 6.07) is 0. The molecule has 0 saturated carbocycles. The third-order valence-corrected chi connectivity index (χ3v) is 2.72. The molecule has 0 aromatic carbocycles. The van der Waals surface area contributed by atoms with Crippen LogP contribution in [0.5, 0.6) is 0 Å². The van der Waals surface area contributed by atoms with E-state index in [-0.39, 0.29) is 0 Å². The van der Waals surface area contributed by atoms with E-state index in [2.05, 4.69) is 10.9 Å². The number of carbonyl (C=O) groups is 1. The second kappa shape index (κ2) is 5.37. The smallest absolute Gasteiger partial charge is 0.308 e. The van der Waals surface area contributed by atoms with Gasteiger partial charge in [-0.15, -0.1) is 17.8 Å². The van der Waals surface area contributed by atoms with Crippen molar-refractivity contribution < 1.29 is 9.90 Å². The Balaban J connectivity index is 2.68. The molecule has 1 unspecified atom stereocenters. The largest absolute Gasteiger partial charge is 0.481 e. The van der Waals surface area contributed by atoms with Crippen LogP contribution in [0.25, 0.3) is 0 Å². The summed E-state index contributed by atoms with van der Waals surface area (Å²) in [5.74, 6) is 1.22. The Bertz CT molecular complexity index is 356. The first-order valence-corrected chi connectivity index (χ1v) is 5.33. The first-order valence-electron chi connectivity index (χ1n) is 4.46. The molecular weight excluding hydrogens is 212 g/mol. The monoisotopic (exact) mass is 224 g/mol. The lowest BCUT2D eigenvalue weighted by molar-refractivity contribution is -0.140. The van der Waals surface area contributed by atoms with Gasteiger partial charge in [-0.2, -0.15) is 0 Å². The van der Waals surface area contributed by atoms with Crippen molar-refractivity contribution in [2.75, 3.05) is 18.0 Å². The van der Waals surface area contributed by atoms with Gasteiger partial charge in [0.15, 0.2) is 5.13 Å². The number of rotatable bonds is 5. The number of thiazole rings is 1. The number of carboxylic acid groups (broad SMARTS) is 1. The van der Waals surface area contributed by atoms with Gasteiger partial charge in [-0.25, -0.2) is 4.98 Å². The van der Waals surface area contributed by atoms with E-state index >= 15 is 0 Å². The molecule has 15 heavy (non-hydrogen) atoms. The summed E-state index contributed by atoms with van der Waals surface area (Å²) in [5.41, 5.74) is 0. The van der Waals surface area contributed by atoms with Crippen molar-refractivity contribution in [1.82, 2.24) is 4.98 Å². The third kappa shape index (κ3) is 3.26. The predicted octanol–water partition coefficient (Wildman–Crippen LogP) is 1.30. The normalized spacial score (nSPS) is 11.7. The highest BCUT2D eigenvalue weighted by molar-refractivity contribution is 7.13. The molecule has 1 heterocycles. The number of carboxylic acids is 1. The van der Waals surface area contributed by atoms with Crippen LogP contribution in [0.4, 0.5) is 5.13 Å². The number of nitrogens with zero attached hydrogens (tertiary/aromatic N) is 2. The Morgan fingerprint density at radius 2 is 2.60 bits per heavy atom. The minimum atomic E-state index is -0.825. The topological polar surface area (TPSA) is 53.4 Å². The average Bonchev–Trinajstić information content (AvgIpc) is 2.69. The van der Waals surface area contributed by atoms with E-state index in [1.807, 2.05) is 5.38 Å². The van der Waals surface area contributed by atoms with E-state index in [4.69, 9.17) is 11.5 Å². The molecule has 1 N–H and O–H groups in total. The summed E-state index contributed by atoms with van der Waals surface area (Å²) in [6.45, 7) is 2.41. The summed E-state index contributed by atoms with van der Waals surface area (Å²) in [6.07, 6.45) is 6.90. The Morgan fingerprint density at radius 1 is 1.87 bits per heavy atom. The van der Waals surface area contributed by atoms with Gasteiger partial charge in [0.05, 0.1) is 12.5 Å². The van der Waals surface area contributed by atoms with Crippen molar-refractivity contribution >= 4 is 22.4 Å². The van der Waals surface area contributed by atoms with Crippen LogP contribution in [0, 0.1) is 18.3 Å². The molecule has 0 aliphatic carbocycles. The molecule has 0 aliphatic rings. The molecule has 1 atom stereocenters. The second-order valence-corrected chi connectivity index (χ2v) is 4.01. The third-order valence-electron chi connectivity index (χ3n) is 1.89. The Morgan fingerprint density at radius 3 is 3.07 bits per heavy atom. The van der Waals surface area contributed by atoms with Gasteiger partial charge in [0, 0.05) is 18.1 Å². The fourth-order valence-electron chi connectivity index (χ4n) is 1.10. The van der Waals surface area contributed by atoms with Gasteiger partial charge < -0.3 is 10.0 Å². The van der Waals surface area contributed by atoms with Crippen molar-refractivity contribution in [3.63, 3.8) is 0 Å². The maximum Gasteiger partial charge on any atom is 0.308 e.